The number of benzene rings is 2. The van der Waals surface area contributed by atoms with E-state index in [2.05, 4.69) is 31.0 Å². The molecule has 0 radical (unpaired) electrons. The van der Waals surface area contributed by atoms with Crippen molar-refractivity contribution in [1.82, 2.24) is 19.9 Å². The lowest BCUT2D eigenvalue weighted by atomic mass is 10.2. The van der Waals surface area contributed by atoms with Crippen molar-refractivity contribution in [2.24, 2.45) is 5.10 Å². The number of allylic oxidation sites excluding steroid dienone is 1. The quantitative estimate of drug-likeness (QED) is 0.163. The molecule has 2 aromatic carbocycles. The fourth-order valence-corrected chi connectivity index (χ4v) is 4.06. The van der Waals surface area contributed by atoms with Crippen LogP contribution in [0, 0.1) is 0 Å². The van der Waals surface area contributed by atoms with Crippen LogP contribution in [-0.2, 0) is 4.79 Å². The van der Waals surface area contributed by atoms with Crippen molar-refractivity contribution in [2.75, 3.05) is 22.3 Å². The maximum Gasteiger partial charge on any atom is 0.264 e. The first kappa shape index (κ1) is 20.6. The zero-order valence-electron chi connectivity index (χ0n) is 16.2. The first-order chi connectivity index (χ1) is 15.2. The van der Waals surface area contributed by atoms with Crippen LogP contribution in [0.25, 0.3) is 16.3 Å². The Labute approximate surface area is 186 Å². The van der Waals surface area contributed by atoms with Crippen molar-refractivity contribution < 1.29 is 4.79 Å². The van der Waals surface area contributed by atoms with E-state index < -0.39 is 0 Å². The lowest BCUT2D eigenvalue weighted by Gasteiger charge is -2.03. The Bertz CT molecular complexity index is 1200. The molecule has 4 N–H and O–H groups in total. The highest BCUT2D eigenvalue weighted by Crippen LogP contribution is 2.25. The van der Waals surface area contributed by atoms with Gasteiger partial charge in [0.2, 0.25) is 11.1 Å². The number of hydrazone groups is 1. The van der Waals surface area contributed by atoms with Gasteiger partial charge in [-0.1, -0.05) is 71.6 Å². The molecule has 0 spiro atoms. The molecule has 156 valence electrons. The Morgan fingerprint density at radius 1 is 1.16 bits per heavy atom. The Kier molecular flexibility index (Phi) is 6.55. The SMILES string of the molecule is Nn1c(N/N=C/C=C/c2ccccc2)nnc1SCC(=O)Nc1nc2ccccc2s1. The molecule has 0 saturated heterocycles. The normalized spacial score (nSPS) is 11.5. The van der Waals surface area contributed by atoms with Crippen molar-refractivity contribution in [3.05, 3.63) is 66.2 Å². The van der Waals surface area contributed by atoms with Crippen LogP contribution in [0.2, 0.25) is 0 Å². The van der Waals surface area contributed by atoms with Crippen LogP contribution in [0.1, 0.15) is 5.56 Å². The second-order valence-corrected chi connectivity index (χ2v) is 8.13. The van der Waals surface area contributed by atoms with E-state index in [1.54, 1.807) is 12.3 Å². The second-order valence-electron chi connectivity index (χ2n) is 6.16. The highest BCUT2D eigenvalue weighted by molar-refractivity contribution is 7.99. The summed E-state index contributed by atoms with van der Waals surface area (Å²) in [7, 11) is 0. The van der Waals surface area contributed by atoms with Gasteiger partial charge in [-0.3, -0.25) is 4.79 Å². The summed E-state index contributed by atoms with van der Waals surface area (Å²) in [6, 6.07) is 17.6. The number of nitrogens with two attached hydrogens (primary N) is 1. The number of hydrogen-bond acceptors (Lipinski definition) is 9. The van der Waals surface area contributed by atoms with Gasteiger partial charge >= 0.3 is 0 Å². The van der Waals surface area contributed by atoms with Crippen molar-refractivity contribution in [3.63, 3.8) is 0 Å². The van der Waals surface area contributed by atoms with E-state index in [0.717, 1.165) is 15.8 Å². The third-order valence-electron chi connectivity index (χ3n) is 3.95. The number of hydrogen-bond donors (Lipinski definition) is 3. The molecular weight excluding hydrogens is 432 g/mol. The maximum absolute atomic E-state index is 12.2. The van der Waals surface area contributed by atoms with Gasteiger partial charge in [-0.25, -0.2) is 15.1 Å². The van der Waals surface area contributed by atoms with Gasteiger partial charge in [0.05, 0.1) is 16.0 Å². The standard InChI is InChI=1S/C20H18N8OS2/c21-28-18(25-22-12-6-9-14-7-2-1-3-8-14)26-27-20(28)30-13-17(29)24-19-23-15-10-4-5-11-16(15)31-19/h1-12H,13,21H2,(H,25,26)(H,23,24,29)/b9-6+,22-12+. The lowest BCUT2D eigenvalue weighted by Crippen LogP contribution is -2.16. The number of rotatable bonds is 8. The fourth-order valence-electron chi connectivity index (χ4n) is 2.52. The van der Waals surface area contributed by atoms with Crippen molar-refractivity contribution in [3.8, 4) is 0 Å². The van der Waals surface area contributed by atoms with E-state index in [1.165, 1.54) is 27.8 Å². The summed E-state index contributed by atoms with van der Waals surface area (Å²) in [5.41, 5.74) is 4.64. The molecule has 4 aromatic rings. The van der Waals surface area contributed by atoms with E-state index in [0.29, 0.717) is 10.3 Å². The molecule has 0 aliphatic heterocycles. The second kappa shape index (κ2) is 9.87. The predicted molar refractivity (Wildman–Crippen MR) is 127 cm³/mol. The lowest BCUT2D eigenvalue weighted by molar-refractivity contribution is -0.113. The number of nitrogens with zero attached hydrogens (tertiary/aromatic N) is 5. The molecule has 2 aromatic heterocycles. The van der Waals surface area contributed by atoms with Gasteiger partial charge in [0.1, 0.15) is 0 Å². The maximum atomic E-state index is 12.2. The summed E-state index contributed by atoms with van der Waals surface area (Å²) < 4.78 is 2.26. The number of aromatic nitrogens is 4. The van der Waals surface area contributed by atoms with Gasteiger partial charge in [0.15, 0.2) is 5.13 Å². The molecule has 2 heterocycles. The number of thiazole rings is 1. The summed E-state index contributed by atoms with van der Waals surface area (Å²) >= 11 is 2.59. The number of thioether (sulfide) groups is 1. The van der Waals surface area contributed by atoms with E-state index in [-0.39, 0.29) is 17.6 Å². The summed E-state index contributed by atoms with van der Waals surface area (Å²) in [6.45, 7) is 0. The monoisotopic (exact) mass is 450 g/mol. The number of nitrogen functional groups attached to an aromatic ring is 1. The number of fused-ring (bicyclic) bond motifs is 1. The van der Waals surface area contributed by atoms with Crippen molar-refractivity contribution in [1.29, 1.82) is 0 Å². The van der Waals surface area contributed by atoms with Crippen LogP contribution in [-0.4, -0.2) is 37.7 Å². The minimum atomic E-state index is -0.203. The smallest absolute Gasteiger partial charge is 0.264 e. The van der Waals surface area contributed by atoms with Gasteiger partial charge in [-0.05, 0) is 23.8 Å². The fraction of sp³-hybridized carbons (Fsp3) is 0.0500. The largest absolute Gasteiger partial charge is 0.334 e. The number of carbonyl (C=O) groups is 1. The molecule has 0 unspecified atom stereocenters. The van der Waals surface area contributed by atoms with Gasteiger partial charge in [0.25, 0.3) is 5.95 Å². The van der Waals surface area contributed by atoms with Gasteiger partial charge in [0, 0.05) is 6.21 Å². The Morgan fingerprint density at radius 3 is 2.81 bits per heavy atom. The average Bonchev–Trinajstić information content (AvgIpc) is 3.35. The van der Waals surface area contributed by atoms with Crippen LogP contribution >= 0.6 is 23.1 Å². The third-order valence-corrected chi connectivity index (χ3v) is 5.85. The molecule has 1 amide bonds. The molecule has 4 rings (SSSR count). The topological polar surface area (TPSA) is 123 Å². The van der Waals surface area contributed by atoms with Crippen molar-refractivity contribution >= 4 is 62.6 Å². The minimum Gasteiger partial charge on any atom is -0.334 e. The molecule has 11 heteroatoms. The zero-order chi connectivity index (χ0) is 21.5. The molecule has 0 aliphatic carbocycles. The Balaban J connectivity index is 1.27. The number of para-hydroxylation sites is 1. The van der Waals surface area contributed by atoms with Crippen LogP contribution in [0.4, 0.5) is 11.1 Å². The van der Waals surface area contributed by atoms with Gasteiger partial charge in [-0.2, -0.15) is 5.10 Å². The molecule has 0 aliphatic rings. The highest BCUT2D eigenvalue weighted by Gasteiger charge is 2.13. The number of nitrogens with one attached hydrogen (secondary N) is 2. The molecule has 0 saturated carbocycles. The van der Waals surface area contributed by atoms with Crippen LogP contribution in [0.5, 0.6) is 0 Å². The molecule has 9 nitrogen and oxygen atoms in total. The van der Waals surface area contributed by atoms with Crippen LogP contribution in [0.3, 0.4) is 0 Å². The summed E-state index contributed by atoms with van der Waals surface area (Å²) in [5, 5.41) is 15.7. The highest BCUT2D eigenvalue weighted by atomic mass is 32.2. The van der Waals surface area contributed by atoms with Crippen LogP contribution < -0.4 is 16.6 Å². The molecule has 0 bridgehead atoms. The first-order valence-electron chi connectivity index (χ1n) is 9.18. The summed E-state index contributed by atoms with van der Waals surface area (Å²) in [4.78, 5) is 16.6. The van der Waals surface area contributed by atoms with E-state index >= 15 is 0 Å². The Morgan fingerprint density at radius 2 is 1.97 bits per heavy atom. The summed E-state index contributed by atoms with van der Waals surface area (Å²) in [6.07, 6.45) is 5.30. The predicted octanol–water partition coefficient (Wildman–Crippen LogP) is 3.44. The molecule has 0 fully saturated rings. The van der Waals surface area contributed by atoms with Gasteiger partial charge < -0.3 is 11.2 Å². The first-order valence-corrected chi connectivity index (χ1v) is 11.0. The summed E-state index contributed by atoms with van der Waals surface area (Å²) in [5.74, 6) is 6.15. The zero-order valence-corrected chi connectivity index (χ0v) is 17.8. The number of amides is 1. The van der Waals surface area contributed by atoms with Crippen LogP contribution in [0.15, 0.2) is 70.9 Å². The molecule has 0 atom stereocenters. The molecule has 31 heavy (non-hydrogen) atoms. The number of carbonyl (C=O) groups excluding carboxylic acids is 1. The Hall–Kier alpha value is -3.70. The minimum absolute atomic E-state index is 0.119. The van der Waals surface area contributed by atoms with E-state index in [1.807, 2.05) is 60.7 Å². The van der Waals surface area contributed by atoms with E-state index in [4.69, 9.17) is 5.84 Å². The van der Waals surface area contributed by atoms with Crippen molar-refractivity contribution in [2.45, 2.75) is 5.16 Å². The number of anilines is 2. The molecular formula is C20H18N8OS2. The third kappa shape index (κ3) is 5.47. The van der Waals surface area contributed by atoms with E-state index in [9.17, 15) is 4.79 Å². The van der Waals surface area contributed by atoms with Gasteiger partial charge in [-0.15, -0.1) is 10.2 Å². The average molecular weight is 451 g/mol.